The normalized spacial score (nSPS) is 17.0. The monoisotopic (exact) mass is 714 g/mol. The number of para-hydroxylation sites is 2. The molecule has 0 radical (unpaired) electrons. The number of phenols is 2. The number of aromatic hydroxyl groups is 2. The molecule has 0 spiro atoms. The summed E-state index contributed by atoms with van der Waals surface area (Å²) < 4.78 is 1.96. The van der Waals surface area contributed by atoms with Gasteiger partial charge in [0.15, 0.2) is 0 Å². The molecule has 0 aliphatic carbocycles. The van der Waals surface area contributed by atoms with E-state index in [9.17, 15) is 19.8 Å². The van der Waals surface area contributed by atoms with Crippen LogP contribution in [0.3, 0.4) is 0 Å². The predicted octanol–water partition coefficient (Wildman–Crippen LogP) is 7.63. The van der Waals surface area contributed by atoms with Crippen LogP contribution in [0.15, 0.2) is 119 Å². The molecule has 0 aromatic heterocycles. The van der Waals surface area contributed by atoms with Crippen molar-refractivity contribution in [3.63, 3.8) is 0 Å². The van der Waals surface area contributed by atoms with E-state index in [1.54, 1.807) is 34.1 Å². The Morgan fingerprint density at radius 1 is 0.636 bits per heavy atom. The molecule has 0 bridgehead atoms. The first kappa shape index (κ1) is 31.3. The van der Waals surface area contributed by atoms with E-state index < -0.39 is 0 Å². The van der Waals surface area contributed by atoms with Crippen LogP contribution in [0.4, 0.5) is 0 Å². The van der Waals surface area contributed by atoms with E-state index in [0.29, 0.717) is 26.2 Å². The highest BCUT2D eigenvalue weighted by Crippen LogP contribution is 2.39. The molecule has 2 heterocycles. The Kier molecular flexibility index (Phi) is 9.71. The SMILES string of the molecule is C=CC(=O)N1Cc2cc(Br)ccc2[C@@H](c2ccccc2O)C1.C=CC(=O)N1Cc2cc(Br)ccc2[C@H](c2ccccc2O)C1. The van der Waals surface area contributed by atoms with Crippen molar-refractivity contribution in [3.8, 4) is 11.5 Å². The minimum absolute atomic E-state index is 0.0399. The molecule has 0 fully saturated rings. The van der Waals surface area contributed by atoms with Crippen LogP contribution in [-0.4, -0.2) is 44.9 Å². The summed E-state index contributed by atoms with van der Waals surface area (Å²) in [6, 6.07) is 26.8. The highest BCUT2D eigenvalue weighted by atomic mass is 79.9. The number of nitrogens with zero attached hydrogens (tertiary/aromatic N) is 2. The molecule has 44 heavy (non-hydrogen) atoms. The number of carbonyl (C=O) groups is 2. The fourth-order valence-corrected chi connectivity index (χ4v) is 6.79. The standard InChI is InChI=1S/2C18H16BrNO2/c2*1-2-18(22)20-10-12-9-13(19)7-8-14(12)16(11-20)15-5-3-4-6-17(15)21/h2*2-9,16,21H,1,10-11H2/t2*16-/m10/s1. The van der Waals surface area contributed by atoms with E-state index in [0.717, 1.165) is 42.3 Å². The molecule has 2 aliphatic heterocycles. The number of fused-ring (bicyclic) bond motifs is 2. The highest BCUT2D eigenvalue weighted by molar-refractivity contribution is 9.10. The molecule has 2 aliphatic rings. The number of phenolic OH excluding ortho intramolecular Hbond substituents is 2. The molecule has 224 valence electrons. The summed E-state index contributed by atoms with van der Waals surface area (Å²) in [5, 5.41) is 20.4. The van der Waals surface area contributed by atoms with Gasteiger partial charge in [0, 0.05) is 58.1 Å². The van der Waals surface area contributed by atoms with Crippen LogP contribution in [0.5, 0.6) is 11.5 Å². The summed E-state index contributed by atoms with van der Waals surface area (Å²) >= 11 is 6.96. The lowest BCUT2D eigenvalue weighted by Crippen LogP contribution is -2.37. The number of rotatable bonds is 4. The van der Waals surface area contributed by atoms with Gasteiger partial charge >= 0.3 is 0 Å². The molecule has 4 aromatic rings. The van der Waals surface area contributed by atoms with Gasteiger partial charge in [-0.3, -0.25) is 9.59 Å². The zero-order valence-corrected chi connectivity index (χ0v) is 27.2. The van der Waals surface area contributed by atoms with Crippen LogP contribution in [0.1, 0.15) is 45.2 Å². The number of benzene rings is 4. The Balaban J connectivity index is 0.000000175. The van der Waals surface area contributed by atoms with Gasteiger partial charge in [-0.1, -0.05) is 93.5 Å². The maximum Gasteiger partial charge on any atom is 0.246 e. The van der Waals surface area contributed by atoms with Crippen LogP contribution >= 0.6 is 31.9 Å². The van der Waals surface area contributed by atoms with Crippen molar-refractivity contribution in [1.29, 1.82) is 0 Å². The summed E-state index contributed by atoms with van der Waals surface area (Å²) in [6.45, 7) is 9.35. The van der Waals surface area contributed by atoms with Crippen molar-refractivity contribution in [2.45, 2.75) is 24.9 Å². The molecule has 8 heteroatoms. The van der Waals surface area contributed by atoms with Gasteiger partial charge in [0.2, 0.25) is 11.8 Å². The molecular weight excluding hydrogens is 684 g/mol. The Labute approximate surface area is 274 Å². The smallest absolute Gasteiger partial charge is 0.246 e. The largest absolute Gasteiger partial charge is 0.508 e. The predicted molar refractivity (Wildman–Crippen MR) is 179 cm³/mol. The lowest BCUT2D eigenvalue weighted by molar-refractivity contribution is -0.127. The fraction of sp³-hybridized carbons (Fsp3) is 0.167. The molecule has 4 aromatic carbocycles. The zero-order valence-electron chi connectivity index (χ0n) is 24.0. The molecule has 0 saturated heterocycles. The van der Waals surface area contributed by atoms with Gasteiger partial charge in [-0.15, -0.1) is 0 Å². The minimum atomic E-state index is -0.0916. The quantitative estimate of drug-likeness (QED) is 0.213. The van der Waals surface area contributed by atoms with Gasteiger partial charge in [-0.25, -0.2) is 0 Å². The molecule has 0 unspecified atom stereocenters. The van der Waals surface area contributed by atoms with E-state index in [4.69, 9.17) is 0 Å². The first-order valence-electron chi connectivity index (χ1n) is 14.1. The average Bonchev–Trinajstić information content (AvgIpc) is 3.03. The van der Waals surface area contributed by atoms with E-state index in [1.165, 1.54) is 12.2 Å². The second-order valence-electron chi connectivity index (χ2n) is 10.8. The molecule has 2 N–H and O–H groups in total. The van der Waals surface area contributed by atoms with Crippen molar-refractivity contribution in [2.75, 3.05) is 13.1 Å². The topological polar surface area (TPSA) is 81.1 Å². The van der Waals surface area contributed by atoms with E-state index in [2.05, 4.69) is 57.2 Å². The number of amides is 2. The van der Waals surface area contributed by atoms with Gasteiger partial charge in [0.05, 0.1) is 0 Å². The van der Waals surface area contributed by atoms with Crippen LogP contribution in [0.2, 0.25) is 0 Å². The molecule has 2 amide bonds. The van der Waals surface area contributed by atoms with Gasteiger partial charge in [0.1, 0.15) is 11.5 Å². The number of hydrogen-bond acceptors (Lipinski definition) is 4. The molecule has 6 nitrogen and oxygen atoms in total. The van der Waals surface area contributed by atoms with Crippen LogP contribution < -0.4 is 0 Å². The maximum atomic E-state index is 12.1. The first-order valence-corrected chi connectivity index (χ1v) is 15.7. The Hall–Kier alpha value is -4.14. The van der Waals surface area contributed by atoms with Crippen molar-refractivity contribution in [3.05, 3.63) is 153 Å². The number of carbonyl (C=O) groups excluding carboxylic acids is 2. The van der Waals surface area contributed by atoms with E-state index >= 15 is 0 Å². The first-order chi connectivity index (χ1) is 21.2. The van der Waals surface area contributed by atoms with Crippen molar-refractivity contribution in [2.24, 2.45) is 0 Å². The fourth-order valence-electron chi connectivity index (χ4n) is 5.97. The average molecular weight is 716 g/mol. The lowest BCUT2D eigenvalue weighted by atomic mass is 9.84. The third kappa shape index (κ3) is 6.66. The maximum absolute atomic E-state index is 12.1. The number of halogens is 2. The van der Waals surface area contributed by atoms with Gasteiger partial charge in [-0.05, 0) is 70.8 Å². The van der Waals surface area contributed by atoms with Crippen LogP contribution in [0.25, 0.3) is 0 Å². The summed E-state index contributed by atoms with van der Waals surface area (Å²) in [7, 11) is 0. The summed E-state index contributed by atoms with van der Waals surface area (Å²) in [5.41, 5.74) is 6.16. The number of hydrogen-bond donors (Lipinski definition) is 2. The highest BCUT2D eigenvalue weighted by Gasteiger charge is 2.31. The lowest BCUT2D eigenvalue weighted by Gasteiger charge is -2.35. The van der Waals surface area contributed by atoms with Crippen molar-refractivity contribution < 1.29 is 19.8 Å². The molecular formula is C36H32Br2N2O4. The molecule has 0 saturated carbocycles. The summed E-state index contributed by atoms with van der Waals surface area (Å²) in [5.74, 6) is 0.254. The van der Waals surface area contributed by atoms with Gasteiger partial charge in [-0.2, -0.15) is 0 Å². The second-order valence-corrected chi connectivity index (χ2v) is 12.6. The van der Waals surface area contributed by atoms with Crippen molar-refractivity contribution >= 4 is 43.7 Å². The molecule has 6 rings (SSSR count). The third-order valence-corrected chi connectivity index (χ3v) is 9.07. The van der Waals surface area contributed by atoms with Crippen LogP contribution in [0, 0.1) is 0 Å². The van der Waals surface area contributed by atoms with E-state index in [1.807, 2.05) is 48.5 Å². The Morgan fingerprint density at radius 2 is 1.02 bits per heavy atom. The summed E-state index contributed by atoms with van der Waals surface area (Å²) in [6.07, 6.45) is 2.68. The van der Waals surface area contributed by atoms with E-state index in [-0.39, 0.29) is 35.1 Å². The van der Waals surface area contributed by atoms with Crippen molar-refractivity contribution in [1.82, 2.24) is 9.80 Å². The van der Waals surface area contributed by atoms with Crippen LogP contribution in [-0.2, 0) is 22.7 Å². The third-order valence-electron chi connectivity index (χ3n) is 8.09. The summed E-state index contributed by atoms with van der Waals surface area (Å²) in [4.78, 5) is 27.6. The van der Waals surface area contributed by atoms with Gasteiger partial charge < -0.3 is 20.0 Å². The Morgan fingerprint density at radius 3 is 1.39 bits per heavy atom. The Bertz CT molecular complexity index is 1610. The van der Waals surface area contributed by atoms with Gasteiger partial charge in [0.25, 0.3) is 0 Å². The minimum Gasteiger partial charge on any atom is -0.508 e. The molecule has 2 atom stereocenters. The second kappa shape index (κ2) is 13.7. The zero-order chi connectivity index (χ0) is 31.4.